The second-order valence-electron chi connectivity index (χ2n) is 4.60. The summed E-state index contributed by atoms with van der Waals surface area (Å²) in [7, 11) is 0. The second-order valence-corrected chi connectivity index (χ2v) is 4.60. The predicted octanol–water partition coefficient (Wildman–Crippen LogP) is 1.76. The Morgan fingerprint density at radius 1 is 1.16 bits per heavy atom. The lowest BCUT2D eigenvalue weighted by Crippen LogP contribution is -2.24. The zero-order chi connectivity index (χ0) is 18.9. The summed E-state index contributed by atoms with van der Waals surface area (Å²) >= 11 is 0. The number of carboxylic acid groups (broad SMARTS) is 2. The standard InChI is InChI=1S/C14H9F3N2O6/c15-9-4(2-1-3-5(9)25-14(16)17)6-7(12(21)22)10(18)19-11(20)8(6)13(23)24/h1-3,14H,(H,21,22)(H,23,24)(H3,18,19,20). The Labute approximate surface area is 136 Å². The van der Waals surface area contributed by atoms with Crippen LogP contribution < -0.4 is 16.0 Å². The summed E-state index contributed by atoms with van der Waals surface area (Å²) in [5.74, 6) is -6.78. The first kappa shape index (κ1) is 17.8. The minimum absolute atomic E-state index is 0.725. The maximum atomic E-state index is 14.5. The van der Waals surface area contributed by atoms with E-state index in [1.165, 1.54) is 0 Å². The number of carboxylic acids is 2. The molecule has 5 N–H and O–H groups in total. The van der Waals surface area contributed by atoms with Crippen molar-refractivity contribution in [2.45, 2.75) is 6.61 Å². The number of benzene rings is 1. The first-order valence-corrected chi connectivity index (χ1v) is 6.41. The number of carbonyl (C=O) groups is 2. The van der Waals surface area contributed by atoms with Gasteiger partial charge in [-0.05, 0) is 6.07 Å². The zero-order valence-electron chi connectivity index (χ0n) is 12.0. The van der Waals surface area contributed by atoms with Gasteiger partial charge in [-0.1, -0.05) is 12.1 Å². The van der Waals surface area contributed by atoms with Crippen LogP contribution in [-0.4, -0.2) is 33.7 Å². The van der Waals surface area contributed by atoms with Gasteiger partial charge in [0.2, 0.25) is 0 Å². The van der Waals surface area contributed by atoms with Crippen molar-refractivity contribution in [3.05, 3.63) is 45.5 Å². The van der Waals surface area contributed by atoms with Gasteiger partial charge in [0.15, 0.2) is 11.6 Å². The molecule has 1 aromatic heterocycles. The number of aromatic amines is 1. The summed E-state index contributed by atoms with van der Waals surface area (Å²) < 4.78 is 43.1. The Balaban J connectivity index is 2.94. The zero-order valence-corrected chi connectivity index (χ0v) is 12.0. The lowest BCUT2D eigenvalue weighted by Gasteiger charge is -2.14. The molecule has 0 atom stereocenters. The van der Waals surface area contributed by atoms with E-state index in [1.807, 2.05) is 4.98 Å². The third-order valence-electron chi connectivity index (χ3n) is 3.12. The number of pyridine rings is 1. The number of H-pyrrole nitrogens is 1. The summed E-state index contributed by atoms with van der Waals surface area (Å²) in [6.45, 7) is -3.38. The van der Waals surface area contributed by atoms with E-state index in [0.717, 1.165) is 18.2 Å². The highest BCUT2D eigenvalue weighted by atomic mass is 19.3. The molecule has 0 amide bonds. The monoisotopic (exact) mass is 358 g/mol. The molecule has 0 aliphatic rings. The van der Waals surface area contributed by atoms with Crippen LogP contribution in [-0.2, 0) is 0 Å². The molecule has 8 nitrogen and oxygen atoms in total. The smallest absolute Gasteiger partial charge is 0.387 e. The molecule has 0 unspecified atom stereocenters. The fourth-order valence-electron chi connectivity index (χ4n) is 2.21. The van der Waals surface area contributed by atoms with Crippen LogP contribution in [0.25, 0.3) is 11.1 Å². The van der Waals surface area contributed by atoms with Crippen molar-refractivity contribution in [3.63, 3.8) is 0 Å². The number of nitrogens with two attached hydrogens (primary N) is 1. The van der Waals surface area contributed by atoms with Crippen molar-refractivity contribution in [1.29, 1.82) is 0 Å². The number of aromatic carboxylic acids is 2. The number of rotatable bonds is 5. The number of nitrogens with one attached hydrogen (secondary N) is 1. The Hall–Kier alpha value is -3.50. The lowest BCUT2D eigenvalue weighted by atomic mass is 9.95. The van der Waals surface area contributed by atoms with E-state index in [0.29, 0.717) is 0 Å². The average Bonchev–Trinajstić information content (AvgIpc) is 2.47. The van der Waals surface area contributed by atoms with Crippen LogP contribution in [0.3, 0.4) is 0 Å². The second kappa shape index (κ2) is 6.55. The van der Waals surface area contributed by atoms with E-state index in [4.69, 9.17) is 5.73 Å². The lowest BCUT2D eigenvalue weighted by molar-refractivity contribution is -0.0521. The van der Waals surface area contributed by atoms with Crippen LogP contribution in [0.2, 0.25) is 0 Å². The first-order chi connectivity index (χ1) is 11.6. The van der Waals surface area contributed by atoms with E-state index in [2.05, 4.69) is 4.74 Å². The Morgan fingerprint density at radius 3 is 2.28 bits per heavy atom. The molecule has 0 aliphatic heterocycles. The van der Waals surface area contributed by atoms with Gasteiger partial charge in [-0.25, -0.2) is 14.0 Å². The number of halogens is 3. The molecular weight excluding hydrogens is 349 g/mol. The third kappa shape index (κ3) is 3.24. The number of anilines is 1. The van der Waals surface area contributed by atoms with Crippen molar-refractivity contribution in [3.8, 4) is 16.9 Å². The molecule has 132 valence electrons. The van der Waals surface area contributed by atoms with E-state index < -0.39 is 63.7 Å². The topological polar surface area (TPSA) is 143 Å². The van der Waals surface area contributed by atoms with Gasteiger partial charge in [0.25, 0.3) is 5.56 Å². The first-order valence-electron chi connectivity index (χ1n) is 6.41. The average molecular weight is 358 g/mol. The van der Waals surface area contributed by atoms with Crippen LogP contribution in [0, 0.1) is 5.82 Å². The largest absolute Gasteiger partial charge is 0.478 e. The van der Waals surface area contributed by atoms with E-state index in [9.17, 15) is 37.8 Å². The summed E-state index contributed by atoms with van der Waals surface area (Å²) in [5.41, 5.74) is 0.491. The predicted molar refractivity (Wildman–Crippen MR) is 77.4 cm³/mol. The molecule has 0 saturated carbocycles. The maximum absolute atomic E-state index is 14.5. The van der Waals surface area contributed by atoms with Crippen LogP contribution in [0.5, 0.6) is 5.75 Å². The number of hydrogen-bond donors (Lipinski definition) is 4. The van der Waals surface area contributed by atoms with Crippen LogP contribution >= 0.6 is 0 Å². The molecule has 0 aliphatic carbocycles. The SMILES string of the molecule is Nc1[nH]c(=O)c(C(=O)O)c(-c2cccc(OC(F)F)c2F)c1C(=O)O. The molecule has 0 radical (unpaired) electrons. The van der Waals surface area contributed by atoms with Gasteiger partial charge in [-0.15, -0.1) is 0 Å². The van der Waals surface area contributed by atoms with Gasteiger partial charge in [-0.3, -0.25) is 4.79 Å². The quantitative estimate of drug-likeness (QED) is 0.638. The van der Waals surface area contributed by atoms with Gasteiger partial charge in [0, 0.05) is 11.1 Å². The van der Waals surface area contributed by atoms with Crippen LogP contribution in [0.1, 0.15) is 20.7 Å². The van der Waals surface area contributed by atoms with Crippen molar-refractivity contribution in [2.75, 3.05) is 5.73 Å². The number of nitrogen functional groups attached to an aromatic ring is 1. The van der Waals surface area contributed by atoms with Gasteiger partial charge >= 0.3 is 18.6 Å². The van der Waals surface area contributed by atoms with Gasteiger partial charge in [-0.2, -0.15) is 8.78 Å². The van der Waals surface area contributed by atoms with Gasteiger partial charge < -0.3 is 25.7 Å². The van der Waals surface area contributed by atoms with E-state index in [1.54, 1.807) is 0 Å². The van der Waals surface area contributed by atoms with E-state index in [-0.39, 0.29) is 0 Å². The fraction of sp³-hybridized carbons (Fsp3) is 0.0714. The number of hydrogen-bond acceptors (Lipinski definition) is 5. The molecule has 0 bridgehead atoms. The third-order valence-corrected chi connectivity index (χ3v) is 3.12. The number of alkyl halides is 2. The summed E-state index contributed by atoms with van der Waals surface area (Å²) in [6, 6.07) is 2.74. The molecule has 0 fully saturated rings. The van der Waals surface area contributed by atoms with Crippen molar-refractivity contribution >= 4 is 17.8 Å². The number of aromatic nitrogens is 1. The van der Waals surface area contributed by atoms with Crippen molar-refractivity contribution in [2.24, 2.45) is 0 Å². The highest BCUT2D eigenvalue weighted by molar-refractivity contribution is 6.07. The molecule has 2 rings (SSSR count). The molecule has 25 heavy (non-hydrogen) atoms. The minimum Gasteiger partial charge on any atom is -0.478 e. The summed E-state index contributed by atoms with van der Waals surface area (Å²) in [5, 5.41) is 18.4. The maximum Gasteiger partial charge on any atom is 0.387 e. The van der Waals surface area contributed by atoms with Crippen molar-refractivity contribution in [1.82, 2.24) is 4.98 Å². The molecule has 11 heteroatoms. The number of ether oxygens (including phenoxy) is 1. The minimum atomic E-state index is -3.38. The Morgan fingerprint density at radius 2 is 1.76 bits per heavy atom. The van der Waals surface area contributed by atoms with Crippen molar-refractivity contribution < 1.29 is 37.7 Å². The molecule has 1 aromatic carbocycles. The molecule has 0 saturated heterocycles. The van der Waals surface area contributed by atoms with Gasteiger partial charge in [0.05, 0.1) is 0 Å². The Kier molecular flexibility index (Phi) is 4.68. The van der Waals surface area contributed by atoms with Crippen LogP contribution in [0.4, 0.5) is 19.0 Å². The molecule has 1 heterocycles. The summed E-state index contributed by atoms with van der Waals surface area (Å²) in [6.07, 6.45) is 0. The molecular formula is C14H9F3N2O6. The van der Waals surface area contributed by atoms with E-state index >= 15 is 0 Å². The van der Waals surface area contributed by atoms with Gasteiger partial charge in [0.1, 0.15) is 16.9 Å². The summed E-state index contributed by atoms with van der Waals surface area (Å²) in [4.78, 5) is 36.4. The Bertz CT molecular complexity index is 926. The molecule has 2 aromatic rings. The fourth-order valence-corrected chi connectivity index (χ4v) is 2.21. The van der Waals surface area contributed by atoms with Crippen LogP contribution in [0.15, 0.2) is 23.0 Å². The highest BCUT2D eigenvalue weighted by Crippen LogP contribution is 2.35. The molecule has 0 spiro atoms. The highest BCUT2D eigenvalue weighted by Gasteiger charge is 2.29. The normalized spacial score (nSPS) is 10.7.